The van der Waals surface area contributed by atoms with Gasteiger partial charge in [-0.25, -0.2) is 4.39 Å². The van der Waals surface area contributed by atoms with Crippen molar-refractivity contribution in [2.75, 3.05) is 20.3 Å². The topological polar surface area (TPSA) is 66.0 Å². The van der Waals surface area contributed by atoms with E-state index >= 15 is 0 Å². The van der Waals surface area contributed by atoms with Crippen molar-refractivity contribution in [3.05, 3.63) is 53.8 Å². The normalized spacial score (nSPS) is 16.9. The summed E-state index contributed by atoms with van der Waals surface area (Å²) in [5.74, 6) is 1.05. The molecular formula is C22H26FNO5. The fraction of sp³-hybridized carbons (Fsp3) is 0.409. The maximum absolute atomic E-state index is 12.9. The van der Waals surface area contributed by atoms with Gasteiger partial charge in [0.2, 0.25) is 0 Å². The highest BCUT2D eigenvalue weighted by Gasteiger charge is 2.18. The van der Waals surface area contributed by atoms with Gasteiger partial charge in [-0.15, -0.1) is 0 Å². The molecular weight excluding hydrogens is 377 g/mol. The van der Waals surface area contributed by atoms with Gasteiger partial charge in [0.05, 0.1) is 13.2 Å². The maximum Gasteiger partial charge on any atom is 0.261 e. The number of carbonyl (C=O) groups is 1. The number of nitrogens with one attached hydrogen (secondary N) is 1. The van der Waals surface area contributed by atoms with E-state index in [0.29, 0.717) is 30.4 Å². The number of hydrogen-bond donors (Lipinski definition) is 1. The molecule has 156 valence electrons. The maximum atomic E-state index is 12.9. The van der Waals surface area contributed by atoms with Crippen LogP contribution >= 0.6 is 0 Å². The number of benzene rings is 2. The summed E-state index contributed by atoms with van der Waals surface area (Å²) in [4.78, 5) is 12.3. The van der Waals surface area contributed by atoms with Gasteiger partial charge in [-0.05, 0) is 61.7 Å². The molecule has 0 saturated carbocycles. The number of halogens is 1. The van der Waals surface area contributed by atoms with Gasteiger partial charge >= 0.3 is 0 Å². The third kappa shape index (κ3) is 6.09. The second-order valence-corrected chi connectivity index (χ2v) is 6.86. The van der Waals surface area contributed by atoms with E-state index in [2.05, 4.69) is 5.32 Å². The first kappa shape index (κ1) is 20.9. The molecule has 2 aromatic carbocycles. The van der Waals surface area contributed by atoms with Gasteiger partial charge in [0.25, 0.3) is 5.91 Å². The molecule has 0 bridgehead atoms. The summed E-state index contributed by atoms with van der Waals surface area (Å²) in [6.07, 6.45) is 1.48. The Morgan fingerprint density at radius 1 is 1.24 bits per heavy atom. The van der Waals surface area contributed by atoms with Gasteiger partial charge in [0.15, 0.2) is 17.6 Å². The van der Waals surface area contributed by atoms with E-state index in [1.807, 2.05) is 18.2 Å². The standard InChI is InChI=1S/C22H26FNO5/c1-15(29-18-8-6-17(23)7-9-18)22(25)24-13-16-5-10-20(21(12-16)26-2)28-14-19-4-3-11-27-19/h5-10,12,15,19H,3-4,11,13-14H2,1-2H3,(H,24,25). The molecule has 2 atom stereocenters. The lowest BCUT2D eigenvalue weighted by atomic mass is 10.2. The van der Waals surface area contributed by atoms with Crippen LogP contribution in [0.1, 0.15) is 25.3 Å². The molecule has 7 heteroatoms. The molecule has 1 N–H and O–H groups in total. The van der Waals surface area contributed by atoms with E-state index < -0.39 is 6.10 Å². The quantitative estimate of drug-likeness (QED) is 0.695. The van der Waals surface area contributed by atoms with Crippen LogP contribution in [0, 0.1) is 5.82 Å². The van der Waals surface area contributed by atoms with Crippen molar-refractivity contribution in [1.82, 2.24) is 5.32 Å². The third-order valence-corrected chi connectivity index (χ3v) is 4.64. The van der Waals surface area contributed by atoms with Crippen molar-refractivity contribution in [3.8, 4) is 17.2 Å². The molecule has 1 heterocycles. The Labute approximate surface area is 169 Å². The first-order valence-electron chi connectivity index (χ1n) is 9.66. The minimum atomic E-state index is -0.712. The summed E-state index contributed by atoms with van der Waals surface area (Å²) in [5, 5.41) is 2.82. The van der Waals surface area contributed by atoms with E-state index in [4.69, 9.17) is 18.9 Å². The van der Waals surface area contributed by atoms with Gasteiger partial charge < -0.3 is 24.3 Å². The molecule has 3 rings (SSSR count). The van der Waals surface area contributed by atoms with Crippen molar-refractivity contribution in [2.45, 2.75) is 38.5 Å². The van der Waals surface area contributed by atoms with E-state index in [1.165, 1.54) is 24.3 Å². The zero-order chi connectivity index (χ0) is 20.6. The van der Waals surface area contributed by atoms with Gasteiger partial charge in [-0.2, -0.15) is 0 Å². The Hall–Kier alpha value is -2.80. The molecule has 0 spiro atoms. The molecule has 1 fully saturated rings. The summed E-state index contributed by atoms with van der Waals surface area (Å²) >= 11 is 0. The van der Waals surface area contributed by atoms with Gasteiger partial charge in [-0.3, -0.25) is 4.79 Å². The van der Waals surface area contributed by atoms with Crippen molar-refractivity contribution in [3.63, 3.8) is 0 Å². The number of ether oxygens (including phenoxy) is 4. The molecule has 2 unspecified atom stereocenters. The van der Waals surface area contributed by atoms with E-state index in [9.17, 15) is 9.18 Å². The number of amides is 1. The van der Waals surface area contributed by atoms with Crippen LogP contribution in [0.2, 0.25) is 0 Å². The molecule has 1 aliphatic rings. The molecule has 1 aliphatic heterocycles. The Kier molecular flexibility index (Phi) is 7.30. The molecule has 0 aliphatic carbocycles. The molecule has 1 amide bonds. The summed E-state index contributed by atoms with van der Waals surface area (Å²) in [6.45, 7) is 3.23. The zero-order valence-corrected chi connectivity index (χ0v) is 16.7. The predicted octanol–water partition coefficient (Wildman–Crippen LogP) is 3.48. The fourth-order valence-electron chi connectivity index (χ4n) is 3.00. The predicted molar refractivity (Wildman–Crippen MR) is 106 cm³/mol. The summed E-state index contributed by atoms with van der Waals surface area (Å²) in [7, 11) is 1.58. The van der Waals surface area contributed by atoms with Crippen LogP contribution in [0.4, 0.5) is 4.39 Å². The highest BCUT2D eigenvalue weighted by molar-refractivity contribution is 5.80. The summed E-state index contributed by atoms with van der Waals surface area (Å²) in [5.41, 5.74) is 0.869. The SMILES string of the molecule is COc1cc(CNC(=O)C(C)Oc2ccc(F)cc2)ccc1OCC1CCCO1. The first-order chi connectivity index (χ1) is 14.0. The van der Waals surface area contributed by atoms with Crippen LogP contribution in [0.3, 0.4) is 0 Å². The summed E-state index contributed by atoms with van der Waals surface area (Å²) in [6, 6.07) is 11.1. The van der Waals surface area contributed by atoms with Crippen LogP contribution in [-0.4, -0.2) is 38.4 Å². The number of rotatable bonds is 9. The van der Waals surface area contributed by atoms with Crippen molar-refractivity contribution in [2.24, 2.45) is 0 Å². The molecule has 2 aromatic rings. The Morgan fingerprint density at radius 2 is 2.03 bits per heavy atom. The molecule has 0 aromatic heterocycles. The van der Waals surface area contributed by atoms with E-state index in [0.717, 1.165) is 25.0 Å². The van der Waals surface area contributed by atoms with Crippen LogP contribution in [0.15, 0.2) is 42.5 Å². The minimum absolute atomic E-state index is 0.126. The smallest absolute Gasteiger partial charge is 0.261 e. The van der Waals surface area contributed by atoms with E-state index in [1.54, 1.807) is 14.0 Å². The molecule has 6 nitrogen and oxygen atoms in total. The third-order valence-electron chi connectivity index (χ3n) is 4.64. The summed E-state index contributed by atoms with van der Waals surface area (Å²) < 4.78 is 35.3. The lowest BCUT2D eigenvalue weighted by Gasteiger charge is -2.16. The molecule has 1 saturated heterocycles. The lowest BCUT2D eigenvalue weighted by Crippen LogP contribution is -2.35. The van der Waals surface area contributed by atoms with Gasteiger partial charge in [0, 0.05) is 13.2 Å². The second-order valence-electron chi connectivity index (χ2n) is 6.86. The van der Waals surface area contributed by atoms with Crippen molar-refractivity contribution >= 4 is 5.91 Å². The van der Waals surface area contributed by atoms with E-state index in [-0.39, 0.29) is 17.8 Å². The van der Waals surface area contributed by atoms with Crippen LogP contribution in [-0.2, 0) is 16.1 Å². The Morgan fingerprint density at radius 3 is 2.72 bits per heavy atom. The Bertz CT molecular complexity index is 805. The fourth-order valence-corrected chi connectivity index (χ4v) is 3.00. The molecule has 29 heavy (non-hydrogen) atoms. The van der Waals surface area contributed by atoms with Crippen molar-refractivity contribution < 1.29 is 28.1 Å². The number of carbonyl (C=O) groups excluding carboxylic acids is 1. The van der Waals surface area contributed by atoms with Crippen LogP contribution in [0.5, 0.6) is 17.2 Å². The largest absolute Gasteiger partial charge is 0.493 e. The van der Waals surface area contributed by atoms with Crippen LogP contribution < -0.4 is 19.5 Å². The zero-order valence-electron chi connectivity index (χ0n) is 16.7. The average molecular weight is 403 g/mol. The Balaban J connectivity index is 1.51. The second kappa shape index (κ2) is 10.1. The highest BCUT2D eigenvalue weighted by atomic mass is 19.1. The highest BCUT2D eigenvalue weighted by Crippen LogP contribution is 2.29. The van der Waals surface area contributed by atoms with Gasteiger partial charge in [-0.1, -0.05) is 6.07 Å². The van der Waals surface area contributed by atoms with Crippen LogP contribution in [0.25, 0.3) is 0 Å². The number of hydrogen-bond acceptors (Lipinski definition) is 5. The van der Waals surface area contributed by atoms with Crippen molar-refractivity contribution in [1.29, 1.82) is 0 Å². The van der Waals surface area contributed by atoms with Gasteiger partial charge in [0.1, 0.15) is 18.2 Å². The minimum Gasteiger partial charge on any atom is -0.493 e. The lowest BCUT2D eigenvalue weighted by molar-refractivity contribution is -0.127. The first-order valence-corrected chi connectivity index (χ1v) is 9.66. The molecule has 0 radical (unpaired) electrons. The average Bonchev–Trinajstić information content (AvgIpc) is 3.26. The monoisotopic (exact) mass is 403 g/mol. The number of methoxy groups -OCH3 is 1.